The fourth-order valence-electron chi connectivity index (χ4n) is 6.98. The normalized spacial score (nSPS) is 40.3. The van der Waals surface area contributed by atoms with Crippen LogP contribution >= 0.6 is 0 Å². The molecular formula is C26H33N. The summed E-state index contributed by atoms with van der Waals surface area (Å²) in [5.41, 5.74) is 8.39. The molecular weight excluding hydrogens is 326 g/mol. The van der Waals surface area contributed by atoms with Crippen LogP contribution in [0.15, 0.2) is 47.8 Å². The van der Waals surface area contributed by atoms with Crippen molar-refractivity contribution in [3.05, 3.63) is 59.0 Å². The summed E-state index contributed by atoms with van der Waals surface area (Å²) >= 11 is 0. The topological polar surface area (TPSA) is 12.9 Å². The monoisotopic (exact) mass is 359 g/mol. The van der Waals surface area contributed by atoms with E-state index in [1.807, 2.05) is 6.20 Å². The van der Waals surface area contributed by atoms with Gasteiger partial charge in [0.1, 0.15) is 0 Å². The zero-order chi connectivity index (χ0) is 18.8. The number of nitrogens with zero attached hydrogens (tertiary/aromatic N) is 1. The van der Waals surface area contributed by atoms with E-state index in [0.29, 0.717) is 5.41 Å². The van der Waals surface area contributed by atoms with E-state index in [4.69, 9.17) is 0 Å². The molecule has 1 heterocycles. The van der Waals surface area contributed by atoms with Gasteiger partial charge in [-0.3, -0.25) is 4.98 Å². The van der Waals surface area contributed by atoms with Crippen LogP contribution in [0.3, 0.4) is 0 Å². The molecule has 0 amide bonds. The highest BCUT2D eigenvalue weighted by Crippen LogP contribution is 2.65. The molecule has 5 atom stereocenters. The number of rotatable bonds is 1. The van der Waals surface area contributed by atoms with Crippen LogP contribution in [0.2, 0.25) is 0 Å². The van der Waals surface area contributed by atoms with Crippen molar-refractivity contribution >= 4 is 5.57 Å². The molecule has 0 N–H and O–H groups in total. The molecule has 5 rings (SSSR count). The van der Waals surface area contributed by atoms with Crippen LogP contribution in [0.25, 0.3) is 5.57 Å². The molecule has 4 aliphatic rings. The van der Waals surface area contributed by atoms with Gasteiger partial charge in [-0.2, -0.15) is 0 Å². The molecule has 1 heteroatoms. The predicted molar refractivity (Wildman–Crippen MR) is 113 cm³/mol. The zero-order valence-corrected chi connectivity index (χ0v) is 17.4. The number of hydrogen-bond acceptors (Lipinski definition) is 1. The summed E-state index contributed by atoms with van der Waals surface area (Å²) in [4.78, 5) is 4.44. The molecule has 0 bridgehead atoms. The van der Waals surface area contributed by atoms with Crippen LogP contribution in [-0.2, 0) is 0 Å². The maximum atomic E-state index is 4.44. The number of pyridine rings is 1. The SMILES string of the molecule is Cc1ccncc1C1=CC=C2[C@@H]3CC=C4C[C@@H](C)CC[C@]4(C)[C@H]3CC[C@]12C. The van der Waals surface area contributed by atoms with Crippen molar-refractivity contribution in [1.29, 1.82) is 0 Å². The number of aryl methyl sites for hydroxylation is 1. The number of fused-ring (bicyclic) bond motifs is 5. The van der Waals surface area contributed by atoms with Crippen molar-refractivity contribution in [3.8, 4) is 0 Å². The molecule has 2 fully saturated rings. The summed E-state index contributed by atoms with van der Waals surface area (Å²) in [5.74, 6) is 2.45. The van der Waals surface area contributed by atoms with Gasteiger partial charge in [-0.25, -0.2) is 0 Å². The molecule has 142 valence electrons. The first-order valence-corrected chi connectivity index (χ1v) is 11.0. The molecule has 0 aromatic carbocycles. The second-order valence-electron chi connectivity index (χ2n) is 10.2. The second-order valence-corrected chi connectivity index (χ2v) is 10.2. The lowest BCUT2D eigenvalue weighted by Crippen LogP contribution is -2.46. The first-order chi connectivity index (χ1) is 12.9. The minimum atomic E-state index is 0.207. The van der Waals surface area contributed by atoms with Crippen LogP contribution in [-0.4, -0.2) is 4.98 Å². The van der Waals surface area contributed by atoms with Crippen molar-refractivity contribution in [2.75, 3.05) is 0 Å². The van der Waals surface area contributed by atoms with Gasteiger partial charge in [-0.1, -0.05) is 50.1 Å². The van der Waals surface area contributed by atoms with Crippen LogP contribution in [0.4, 0.5) is 0 Å². The van der Waals surface area contributed by atoms with Gasteiger partial charge in [0, 0.05) is 17.8 Å². The van der Waals surface area contributed by atoms with Gasteiger partial charge in [0.05, 0.1) is 0 Å². The smallest absolute Gasteiger partial charge is 0.0346 e. The first kappa shape index (κ1) is 17.5. The quantitative estimate of drug-likeness (QED) is 0.497. The Hall–Kier alpha value is -1.63. The van der Waals surface area contributed by atoms with E-state index in [1.165, 1.54) is 55.2 Å². The van der Waals surface area contributed by atoms with Crippen LogP contribution in [0.5, 0.6) is 0 Å². The van der Waals surface area contributed by atoms with Crippen molar-refractivity contribution < 1.29 is 0 Å². The lowest BCUT2D eigenvalue weighted by molar-refractivity contribution is 0.0682. The minimum absolute atomic E-state index is 0.207. The third kappa shape index (κ3) is 2.39. The lowest BCUT2D eigenvalue weighted by atomic mass is 9.48. The molecule has 1 aromatic rings. The third-order valence-corrected chi connectivity index (χ3v) is 8.73. The summed E-state index contributed by atoms with van der Waals surface area (Å²) in [6.07, 6.45) is 19.6. The zero-order valence-electron chi connectivity index (χ0n) is 17.4. The highest BCUT2D eigenvalue weighted by molar-refractivity contribution is 5.79. The molecule has 0 aliphatic heterocycles. The Morgan fingerprint density at radius 1 is 1.11 bits per heavy atom. The molecule has 1 aromatic heterocycles. The maximum Gasteiger partial charge on any atom is 0.0346 e. The van der Waals surface area contributed by atoms with Gasteiger partial charge in [0.2, 0.25) is 0 Å². The molecule has 0 unspecified atom stereocenters. The summed E-state index contributed by atoms with van der Waals surface area (Å²) in [7, 11) is 0. The van der Waals surface area contributed by atoms with Crippen molar-refractivity contribution in [2.24, 2.45) is 28.6 Å². The van der Waals surface area contributed by atoms with E-state index >= 15 is 0 Å². The summed E-state index contributed by atoms with van der Waals surface area (Å²) in [6, 6.07) is 2.16. The maximum absolute atomic E-state index is 4.44. The Morgan fingerprint density at radius 3 is 2.78 bits per heavy atom. The Bertz CT molecular complexity index is 872. The standard InChI is InChI=1S/C26H33N/c1-17-9-12-25(3)19(15-17)5-6-20-22-7-8-23(21-16-27-14-11-18(21)2)26(22,4)13-10-24(20)25/h5,7-8,11,14,16-17,20,24H,6,9-10,12-13,15H2,1-4H3/t17-,20-,24-,25-,26-/m0/s1. The van der Waals surface area contributed by atoms with E-state index in [9.17, 15) is 0 Å². The number of hydrogen-bond donors (Lipinski definition) is 0. The number of allylic oxidation sites excluding steroid dienone is 6. The van der Waals surface area contributed by atoms with Crippen LogP contribution < -0.4 is 0 Å². The molecule has 1 nitrogen and oxygen atoms in total. The Kier molecular flexibility index (Phi) is 3.84. The average Bonchev–Trinajstić information content (AvgIpc) is 3.00. The Morgan fingerprint density at radius 2 is 1.96 bits per heavy atom. The average molecular weight is 360 g/mol. The fourth-order valence-corrected chi connectivity index (χ4v) is 6.98. The van der Waals surface area contributed by atoms with Gasteiger partial charge in [0.25, 0.3) is 0 Å². The van der Waals surface area contributed by atoms with E-state index in [2.05, 4.69) is 63.2 Å². The largest absolute Gasteiger partial charge is 0.264 e. The van der Waals surface area contributed by atoms with Gasteiger partial charge in [-0.15, -0.1) is 0 Å². The van der Waals surface area contributed by atoms with E-state index in [1.54, 1.807) is 11.1 Å². The molecule has 0 radical (unpaired) electrons. The van der Waals surface area contributed by atoms with Gasteiger partial charge < -0.3 is 0 Å². The molecule has 0 spiro atoms. The highest BCUT2D eigenvalue weighted by Gasteiger charge is 2.54. The van der Waals surface area contributed by atoms with E-state index < -0.39 is 0 Å². The third-order valence-electron chi connectivity index (χ3n) is 8.73. The van der Waals surface area contributed by atoms with Crippen LogP contribution in [0.1, 0.15) is 70.4 Å². The predicted octanol–water partition coefficient (Wildman–Crippen LogP) is 6.90. The van der Waals surface area contributed by atoms with Gasteiger partial charge in [0.15, 0.2) is 0 Å². The number of aromatic nitrogens is 1. The minimum Gasteiger partial charge on any atom is -0.264 e. The van der Waals surface area contributed by atoms with Crippen molar-refractivity contribution in [1.82, 2.24) is 4.98 Å². The van der Waals surface area contributed by atoms with Crippen LogP contribution in [0, 0.1) is 35.5 Å². The van der Waals surface area contributed by atoms with Crippen molar-refractivity contribution in [2.45, 2.75) is 66.2 Å². The lowest BCUT2D eigenvalue weighted by Gasteiger charge is -2.56. The second kappa shape index (κ2) is 5.93. The molecule has 4 aliphatic carbocycles. The highest BCUT2D eigenvalue weighted by atomic mass is 14.6. The van der Waals surface area contributed by atoms with Crippen molar-refractivity contribution in [3.63, 3.8) is 0 Å². The Labute approximate surface area is 164 Å². The molecule has 2 saturated carbocycles. The summed E-state index contributed by atoms with van der Waals surface area (Å²) in [5, 5.41) is 0. The summed E-state index contributed by atoms with van der Waals surface area (Å²) in [6.45, 7) is 9.77. The van der Waals surface area contributed by atoms with E-state index in [-0.39, 0.29) is 5.41 Å². The van der Waals surface area contributed by atoms with E-state index in [0.717, 1.165) is 17.8 Å². The van der Waals surface area contributed by atoms with Gasteiger partial charge >= 0.3 is 0 Å². The first-order valence-electron chi connectivity index (χ1n) is 11.0. The fraction of sp³-hybridized carbons (Fsp3) is 0.577. The molecule has 0 saturated heterocycles. The van der Waals surface area contributed by atoms with Gasteiger partial charge in [-0.05, 0) is 91.4 Å². The molecule has 27 heavy (non-hydrogen) atoms. The summed E-state index contributed by atoms with van der Waals surface area (Å²) < 4.78 is 0. The Balaban J connectivity index is 1.50.